The minimum Gasteiger partial charge on any atom is -0.476 e. The number of amides is 2. The van der Waals surface area contributed by atoms with E-state index in [0.717, 1.165) is 12.0 Å². The number of carbonyl (C=O) groups is 3. The number of carbonyl (C=O) groups excluding carboxylic acids is 2. The van der Waals surface area contributed by atoms with Crippen LogP contribution in [-0.4, -0.2) is 57.7 Å². The topological polar surface area (TPSA) is 120 Å². The molecule has 3 heterocycles. The molecule has 0 saturated heterocycles. The van der Waals surface area contributed by atoms with E-state index in [4.69, 9.17) is 11.6 Å². The molecule has 0 spiro atoms. The third-order valence-corrected chi connectivity index (χ3v) is 6.39. The Morgan fingerprint density at radius 1 is 1.09 bits per heavy atom. The summed E-state index contributed by atoms with van der Waals surface area (Å²) in [4.78, 5) is 41.4. The summed E-state index contributed by atoms with van der Waals surface area (Å²) in [6, 6.07) is 11.8. The highest BCUT2D eigenvalue weighted by atomic mass is 35.5. The van der Waals surface area contributed by atoms with Crippen LogP contribution in [0.2, 0.25) is 5.02 Å². The third-order valence-electron chi connectivity index (χ3n) is 6.17. The fourth-order valence-corrected chi connectivity index (χ4v) is 4.70. The second-order valence-electron chi connectivity index (χ2n) is 8.23. The van der Waals surface area contributed by atoms with Gasteiger partial charge in [-0.05, 0) is 48.7 Å². The van der Waals surface area contributed by atoms with Crippen molar-refractivity contribution < 1.29 is 19.5 Å². The maximum atomic E-state index is 13.7. The summed E-state index contributed by atoms with van der Waals surface area (Å²) in [6.07, 6.45) is 1.000. The minimum atomic E-state index is -1.25. The van der Waals surface area contributed by atoms with Crippen molar-refractivity contribution in [3.05, 3.63) is 75.1 Å². The van der Waals surface area contributed by atoms with Crippen LogP contribution >= 0.6 is 11.6 Å². The van der Waals surface area contributed by atoms with E-state index in [9.17, 15) is 24.8 Å². The largest absolute Gasteiger partial charge is 0.476 e. The highest BCUT2D eigenvalue weighted by Gasteiger charge is 2.36. The Bertz CT molecular complexity index is 1440. The van der Waals surface area contributed by atoms with Crippen molar-refractivity contribution in [1.29, 1.82) is 5.26 Å². The van der Waals surface area contributed by atoms with Gasteiger partial charge in [-0.2, -0.15) is 10.4 Å². The molecule has 0 radical (unpaired) electrons. The predicted octanol–water partition coefficient (Wildman–Crippen LogP) is 2.93. The number of aromatic carboxylic acids is 1. The number of nitriles is 1. The maximum absolute atomic E-state index is 13.7. The highest BCUT2D eigenvalue weighted by molar-refractivity contribution is 6.30. The van der Waals surface area contributed by atoms with Crippen LogP contribution in [0.4, 0.5) is 5.69 Å². The van der Waals surface area contributed by atoms with Gasteiger partial charge in [-0.1, -0.05) is 17.7 Å². The van der Waals surface area contributed by atoms with Crippen LogP contribution in [0, 0.1) is 11.3 Å². The van der Waals surface area contributed by atoms with Crippen molar-refractivity contribution in [3.8, 4) is 11.8 Å². The smallest absolute Gasteiger partial charge is 0.356 e. The standard InChI is InChI=1S/C24H18ClN5O4/c1-28-6-4-14-2-3-16(11-19(14)22(28)31)29-7-5-18-20(24(33)34)27-30(21(18)23(29)32)17-9-13(12-26)8-15(25)10-17/h2-3,8-11H,4-7H2,1H3,(H,33,34). The number of aromatic nitrogens is 2. The Hall–Kier alpha value is -4.16. The monoisotopic (exact) mass is 475 g/mol. The number of hydrogen-bond donors (Lipinski definition) is 1. The molecule has 1 N–H and O–H groups in total. The summed E-state index contributed by atoms with van der Waals surface area (Å²) in [6.45, 7) is 0.873. The van der Waals surface area contributed by atoms with Gasteiger partial charge >= 0.3 is 5.97 Å². The van der Waals surface area contributed by atoms with E-state index < -0.39 is 11.9 Å². The second-order valence-corrected chi connectivity index (χ2v) is 8.66. The van der Waals surface area contributed by atoms with Crippen molar-refractivity contribution in [2.24, 2.45) is 0 Å². The molecule has 1 aromatic heterocycles. The molecule has 10 heteroatoms. The first-order valence-electron chi connectivity index (χ1n) is 10.5. The summed E-state index contributed by atoms with van der Waals surface area (Å²) < 4.78 is 1.23. The highest BCUT2D eigenvalue weighted by Crippen LogP contribution is 2.32. The minimum absolute atomic E-state index is 0.0935. The second kappa shape index (κ2) is 8.01. The predicted molar refractivity (Wildman–Crippen MR) is 123 cm³/mol. The average molecular weight is 476 g/mol. The molecule has 0 saturated carbocycles. The van der Waals surface area contributed by atoms with Crippen LogP contribution < -0.4 is 4.90 Å². The normalized spacial score (nSPS) is 15.1. The van der Waals surface area contributed by atoms with Crippen molar-refractivity contribution >= 4 is 35.1 Å². The summed E-state index contributed by atoms with van der Waals surface area (Å²) in [7, 11) is 1.74. The van der Waals surface area contributed by atoms with E-state index in [1.54, 1.807) is 24.1 Å². The number of rotatable bonds is 3. The first kappa shape index (κ1) is 21.7. The van der Waals surface area contributed by atoms with E-state index in [1.807, 2.05) is 12.1 Å². The van der Waals surface area contributed by atoms with Crippen LogP contribution in [-0.2, 0) is 12.8 Å². The Labute approximate surface area is 199 Å². The SMILES string of the molecule is CN1CCc2ccc(N3CCc4c(C(=O)O)nn(-c5cc(Cl)cc(C#N)c5)c4C3=O)cc2C1=O. The van der Waals surface area contributed by atoms with E-state index in [-0.39, 0.29) is 40.8 Å². The molecule has 170 valence electrons. The molecule has 2 aromatic carbocycles. The number of nitrogens with zero attached hydrogens (tertiary/aromatic N) is 5. The lowest BCUT2D eigenvalue weighted by Gasteiger charge is -2.30. The number of anilines is 1. The van der Waals surface area contributed by atoms with Gasteiger partial charge in [-0.3, -0.25) is 9.59 Å². The lowest BCUT2D eigenvalue weighted by atomic mass is 9.97. The summed E-state index contributed by atoms with van der Waals surface area (Å²) in [5.74, 6) is -1.80. The van der Waals surface area contributed by atoms with Crippen molar-refractivity contribution in [2.45, 2.75) is 12.8 Å². The summed E-state index contributed by atoms with van der Waals surface area (Å²) in [5.41, 5.74) is 2.79. The third kappa shape index (κ3) is 3.40. The maximum Gasteiger partial charge on any atom is 0.356 e. The van der Waals surface area contributed by atoms with E-state index in [2.05, 4.69) is 5.10 Å². The molecule has 0 aliphatic carbocycles. The molecule has 34 heavy (non-hydrogen) atoms. The Kier molecular flexibility index (Phi) is 5.10. The van der Waals surface area contributed by atoms with Gasteiger partial charge in [0.25, 0.3) is 11.8 Å². The lowest BCUT2D eigenvalue weighted by molar-refractivity contribution is 0.0688. The molecular formula is C24H18ClN5O4. The number of fused-ring (bicyclic) bond motifs is 2. The number of hydrogen-bond acceptors (Lipinski definition) is 5. The Balaban J connectivity index is 1.63. The quantitative estimate of drug-likeness (QED) is 0.622. The molecule has 2 aliphatic heterocycles. The van der Waals surface area contributed by atoms with Gasteiger partial charge in [-0.25, -0.2) is 9.48 Å². The van der Waals surface area contributed by atoms with Gasteiger partial charge in [0.1, 0.15) is 5.69 Å². The molecule has 5 rings (SSSR count). The molecule has 9 nitrogen and oxygen atoms in total. The fourth-order valence-electron chi connectivity index (χ4n) is 4.47. The summed E-state index contributed by atoms with van der Waals surface area (Å²) >= 11 is 6.15. The Morgan fingerprint density at radius 2 is 1.88 bits per heavy atom. The molecule has 0 fully saturated rings. The van der Waals surface area contributed by atoms with Crippen LogP contribution in [0.15, 0.2) is 36.4 Å². The molecule has 0 bridgehead atoms. The van der Waals surface area contributed by atoms with Gasteiger partial charge in [0, 0.05) is 42.0 Å². The summed E-state index contributed by atoms with van der Waals surface area (Å²) in [5, 5.41) is 23.4. The first-order chi connectivity index (χ1) is 16.3. The number of benzene rings is 2. The Morgan fingerprint density at radius 3 is 2.62 bits per heavy atom. The molecular weight excluding hydrogens is 458 g/mol. The first-order valence-corrected chi connectivity index (χ1v) is 10.9. The van der Waals surface area contributed by atoms with Gasteiger partial charge in [-0.15, -0.1) is 0 Å². The van der Waals surface area contributed by atoms with Gasteiger partial charge in [0.15, 0.2) is 5.69 Å². The molecule has 2 aliphatic rings. The average Bonchev–Trinajstić information content (AvgIpc) is 3.22. The van der Waals surface area contributed by atoms with Crippen LogP contribution in [0.25, 0.3) is 5.69 Å². The van der Waals surface area contributed by atoms with Crippen molar-refractivity contribution in [2.75, 3.05) is 25.0 Å². The molecule has 3 aromatic rings. The van der Waals surface area contributed by atoms with Crippen molar-refractivity contribution in [1.82, 2.24) is 14.7 Å². The number of halogens is 1. The van der Waals surface area contributed by atoms with Gasteiger partial charge < -0.3 is 14.9 Å². The van der Waals surface area contributed by atoms with Crippen LogP contribution in [0.3, 0.4) is 0 Å². The van der Waals surface area contributed by atoms with Crippen molar-refractivity contribution in [3.63, 3.8) is 0 Å². The van der Waals surface area contributed by atoms with E-state index in [0.29, 0.717) is 29.0 Å². The van der Waals surface area contributed by atoms with Gasteiger partial charge in [0.05, 0.1) is 17.3 Å². The number of carboxylic acids is 1. The van der Waals surface area contributed by atoms with Gasteiger partial charge in [0.2, 0.25) is 0 Å². The zero-order valence-electron chi connectivity index (χ0n) is 18.1. The van der Waals surface area contributed by atoms with Crippen LogP contribution in [0.5, 0.6) is 0 Å². The van der Waals surface area contributed by atoms with E-state index in [1.165, 1.54) is 27.8 Å². The fraction of sp³-hybridized carbons (Fsp3) is 0.208. The lowest BCUT2D eigenvalue weighted by Crippen LogP contribution is -2.39. The number of carboxylic acid groups (broad SMARTS) is 1. The van der Waals surface area contributed by atoms with Crippen LogP contribution in [0.1, 0.15) is 48.0 Å². The zero-order valence-corrected chi connectivity index (χ0v) is 18.8. The zero-order chi connectivity index (χ0) is 24.1. The molecule has 0 unspecified atom stereocenters. The van der Waals surface area contributed by atoms with E-state index >= 15 is 0 Å². The number of likely N-dealkylation sites (N-methyl/N-ethyl adjacent to an activating group) is 1. The molecule has 2 amide bonds. The molecule has 0 atom stereocenters.